The summed E-state index contributed by atoms with van der Waals surface area (Å²) in [6, 6.07) is 10.1. The Kier molecular flexibility index (Phi) is 6.05. The van der Waals surface area contributed by atoms with Gasteiger partial charge in [0.25, 0.3) is 0 Å². The van der Waals surface area contributed by atoms with Crippen molar-refractivity contribution < 1.29 is 13.9 Å². The minimum Gasteiger partial charge on any atom is -0.459 e. The molecule has 0 spiro atoms. The third kappa shape index (κ3) is 4.07. The Labute approximate surface area is 120 Å². The number of furan rings is 1. The van der Waals surface area contributed by atoms with Gasteiger partial charge in [0.05, 0.1) is 25.9 Å². The summed E-state index contributed by atoms with van der Waals surface area (Å²) in [5.74, 6) is 0.906. The molecule has 0 radical (unpaired) electrons. The monoisotopic (exact) mass is 277 g/mol. The van der Waals surface area contributed by atoms with E-state index in [0.29, 0.717) is 19.8 Å². The summed E-state index contributed by atoms with van der Waals surface area (Å²) in [7, 11) is 1.91. The fourth-order valence-corrected chi connectivity index (χ4v) is 2.05. The van der Waals surface area contributed by atoms with Crippen molar-refractivity contribution >= 4 is 11.0 Å². The predicted molar refractivity (Wildman–Crippen MR) is 79.9 cm³/mol. The van der Waals surface area contributed by atoms with Crippen molar-refractivity contribution in [1.82, 2.24) is 5.32 Å². The molecule has 0 aliphatic carbocycles. The van der Waals surface area contributed by atoms with Crippen LogP contribution in [0.3, 0.4) is 0 Å². The standard InChI is InChI=1S/C16H23NO3/c1-3-8-18-9-10-19-12-14(17-2)16-11-13-6-4-5-7-15(13)20-16/h4-7,11,14,17H,3,8-10,12H2,1-2H3. The largest absolute Gasteiger partial charge is 0.459 e. The zero-order valence-electron chi connectivity index (χ0n) is 12.2. The highest BCUT2D eigenvalue weighted by Gasteiger charge is 2.14. The van der Waals surface area contributed by atoms with Gasteiger partial charge in [0, 0.05) is 12.0 Å². The van der Waals surface area contributed by atoms with Crippen LogP contribution in [-0.4, -0.2) is 33.5 Å². The lowest BCUT2D eigenvalue weighted by atomic mass is 10.2. The Morgan fingerprint density at radius 3 is 2.70 bits per heavy atom. The van der Waals surface area contributed by atoms with Crippen LogP contribution in [0.2, 0.25) is 0 Å². The minimum absolute atomic E-state index is 0.0635. The summed E-state index contributed by atoms with van der Waals surface area (Å²) >= 11 is 0. The molecule has 0 aliphatic heterocycles. The highest BCUT2D eigenvalue weighted by Crippen LogP contribution is 2.23. The molecule has 0 saturated carbocycles. The summed E-state index contributed by atoms with van der Waals surface area (Å²) in [5.41, 5.74) is 0.911. The van der Waals surface area contributed by atoms with E-state index in [1.807, 2.05) is 25.2 Å². The van der Waals surface area contributed by atoms with Crippen LogP contribution in [0.4, 0.5) is 0 Å². The maximum Gasteiger partial charge on any atom is 0.134 e. The Balaban J connectivity index is 1.84. The molecule has 4 nitrogen and oxygen atoms in total. The van der Waals surface area contributed by atoms with Crippen LogP contribution in [0.15, 0.2) is 34.7 Å². The SMILES string of the molecule is CCCOCCOCC(NC)c1cc2ccccc2o1. The number of nitrogens with one attached hydrogen (secondary N) is 1. The first-order chi connectivity index (χ1) is 9.85. The zero-order chi connectivity index (χ0) is 14.2. The average molecular weight is 277 g/mol. The van der Waals surface area contributed by atoms with Gasteiger partial charge in [0.15, 0.2) is 0 Å². The number of likely N-dealkylation sites (N-methyl/N-ethyl adjacent to an activating group) is 1. The highest BCUT2D eigenvalue weighted by molar-refractivity contribution is 5.77. The first-order valence-corrected chi connectivity index (χ1v) is 7.16. The van der Waals surface area contributed by atoms with E-state index in [2.05, 4.69) is 24.4 Å². The van der Waals surface area contributed by atoms with Crippen molar-refractivity contribution in [1.29, 1.82) is 0 Å². The predicted octanol–water partition coefficient (Wildman–Crippen LogP) is 3.14. The molecule has 2 rings (SSSR count). The number of ether oxygens (including phenoxy) is 2. The van der Waals surface area contributed by atoms with Gasteiger partial charge in [-0.3, -0.25) is 0 Å². The second kappa shape index (κ2) is 8.04. The molecule has 0 bridgehead atoms. The smallest absolute Gasteiger partial charge is 0.134 e. The van der Waals surface area contributed by atoms with E-state index in [9.17, 15) is 0 Å². The van der Waals surface area contributed by atoms with Crippen LogP contribution in [-0.2, 0) is 9.47 Å². The lowest BCUT2D eigenvalue weighted by Crippen LogP contribution is -2.22. The van der Waals surface area contributed by atoms with Gasteiger partial charge in [0.2, 0.25) is 0 Å². The van der Waals surface area contributed by atoms with Gasteiger partial charge in [-0.2, -0.15) is 0 Å². The molecule has 0 saturated heterocycles. The summed E-state index contributed by atoms with van der Waals surface area (Å²) in [5, 5.41) is 4.34. The van der Waals surface area contributed by atoms with Gasteiger partial charge in [0.1, 0.15) is 11.3 Å². The molecule has 1 atom stereocenters. The molecule has 1 aromatic heterocycles. The van der Waals surface area contributed by atoms with Crippen LogP contribution in [0.1, 0.15) is 25.1 Å². The molecule has 110 valence electrons. The van der Waals surface area contributed by atoms with Crippen molar-refractivity contribution in [3.8, 4) is 0 Å². The van der Waals surface area contributed by atoms with Gasteiger partial charge < -0.3 is 19.2 Å². The van der Waals surface area contributed by atoms with Crippen LogP contribution >= 0.6 is 0 Å². The van der Waals surface area contributed by atoms with E-state index in [4.69, 9.17) is 13.9 Å². The van der Waals surface area contributed by atoms with Crippen molar-refractivity contribution in [2.45, 2.75) is 19.4 Å². The molecule has 20 heavy (non-hydrogen) atoms. The van der Waals surface area contributed by atoms with Crippen LogP contribution in [0.5, 0.6) is 0 Å². The maximum atomic E-state index is 5.84. The normalized spacial score (nSPS) is 12.9. The average Bonchev–Trinajstić information content (AvgIpc) is 2.90. The van der Waals surface area contributed by atoms with Gasteiger partial charge in [-0.05, 0) is 25.6 Å². The second-order valence-electron chi connectivity index (χ2n) is 4.72. The zero-order valence-corrected chi connectivity index (χ0v) is 12.2. The number of fused-ring (bicyclic) bond motifs is 1. The summed E-state index contributed by atoms with van der Waals surface area (Å²) < 4.78 is 16.9. The molecule has 0 amide bonds. The van der Waals surface area contributed by atoms with E-state index in [1.165, 1.54) is 0 Å². The van der Waals surface area contributed by atoms with Crippen molar-refractivity contribution in [3.05, 3.63) is 36.1 Å². The number of hydrogen-bond acceptors (Lipinski definition) is 4. The first kappa shape index (κ1) is 15.0. The van der Waals surface area contributed by atoms with Crippen molar-refractivity contribution in [2.24, 2.45) is 0 Å². The maximum absolute atomic E-state index is 5.84. The topological polar surface area (TPSA) is 43.6 Å². The quantitative estimate of drug-likeness (QED) is 0.715. The number of para-hydroxylation sites is 1. The van der Waals surface area contributed by atoms with Crippen molar-refractivity contribution in [2.75, 3.05) is 33.5 Å². The lowest BCUT2D eigenvalue weighted by Gasteiger charge is -2.13. The third-order valence-electron chi connectivity index (χ3n) is 3.14. The molecule has 4 heteroatoms. The number of hydrogen-bond donors (Lipinski definition) is 1. The van der Waals surface area contributed by atoms with E-state index in [0.717, 1.165) is 29.8 Å². The molecule has 0 fully saturated rings. The van der Waals surface area contributed by atoms with E-state index >= 15 is 0 Å². The van der Waals surface area contributed by atoms with Gasteiger partial charge in [-0.1, -0.05) is 25.1 Å². The van der Waals surface area contributed by atoms with Crippen LogP contribution < -0.4 is 5.32 Å². The molecule has 1 N–H and O–H groups in total. The number of benzene rings is 1. The van der Waals surface area contributed by atoms with Gasteiger partial charge in [-0.15, -0.1) is 0 Å². The van der Waals surface area contributed by atoms with Crippen molar-refractivity contribution in [3.63, 3.8) is 0 Å². The highest BCUT2D eigenvalue weighted by atomic mass is 16.5. The Morgan fingerprint density at radius 2 is 1.95 bits per heavy atom. The lowest BCUT2D eigenvalue weighted by molar-refractivity contribution is 0.0379. The van der Waals surface area contributed by atoms with E-state index in [-0.39, 0.29) is 6.04 Å². The van der Waals surface area contributed by atoms with Crippen LogP contribution in [0.25, 0.3) is 11.0 Å². The third-order valence-corrected chi connectivity index (χ3v) is 3.14. The molecule has 0 aliphatic rings. The summed E-state index contributed by atoms with van der Waals surface area (Å²) in [4.78, 5) is 0. The number of rotatable bonds is 9. The Morgan fingerprint density at radius 1 is 1.15 bits per heavy atom. The Hall–Kier alpha value is -1.36. The van der Waals surface area contributed by atoms with Gasteiger partial charge in [-0.25, -0.2) is 0 Å². The van der Waals surface area contributed by atoms with E-state index < -0.39 is 0 Å². The first-order valence-electron chi connectivity index (χ1n) is 7.16. The fourth-order valence-electron chi connectivity index (χ4n) is 2.05. The Bertz CT molecular complexity index is 476. The van der Waals surface area contributed by atoms with E-state index in [1.54, 1.807) is 0 Å². The van der Waals surface area contributed by atoms with Crippen LogP contribution in [0, 0.1) is 0 Å². The molecule has 1 aromatic carbocycles. The molecular weight excluding hydrogens is 254 g/mol. The minimum atomic E-state index is 0.0635. The summed E-state index contributed by atoms with van der Waals surface area (Å²) in [6.07, 6.45) is 1.04. The van der Waals surface area contributed by atoms with Gasteiger partial charge >= 0.3 is 0 Å². The molecule has 1 heterocycles. The summed E-state index contributed by atoms with van der Waals surface area (Å²) in [6.45, 7) is 4.72. The molecular formula is C16H23NO3. The fraction of sp³-hybridized carbons (Fsp3) is 0.500. The second-order valence-corrected chi connectivity index (χ2v) is 4.72. The molecule has 2 aromatic rings. The molecule has 1 unspecified atom stereocenters.